The van der Waals surface area contributed by atoms with Crippen molar-refractivity contribution in [3.63, 3.8) is 0 Å². The predicted molar refractivity (Wildman–Crippen MR) is 112 cm³/mol. The van der Waals surface area contributed by atoms with E-state index in [1.807, 2.05) is 31.4 Å². The van der Waals surface area contributed by atoms with Crippen LogP contribution in [-0.2, 0) is 11.3 Å². The number of piperidine rings is 1. The van der Waals surface area contributed by atoms with Crippen molar-refractivity contribution < 1.29 is 4.74 Å². The van der Waals surface area contributed by atoms with Gasteiger partial charge in [0.2, 0.25) is 11.9 Å². The van der Waals surface area contributed by atoms with Crippen LogP contribution in [0.25, 0.3) is 0 Å². The SMILES string of the molecule is CN(C)c1ncc(CN2CCC(c3cc(=O)[nH]c(N4CCOCC4)n3)CC2)cn1. The number of ether oxygens (including phenoxy) is 1. The van der Waals surface area contributed by atoms with Crippen molar-refractivity contribution >= 4 is 11.9 Å². The van der Waals surface area contributed by atoms with Crippen molar-refractivity contribution in [3.8, 4) is 0 Å². The van der Waals surface area contributed by atoms with Gasteiger partial charge in [-0.3, -0.25) is 14.7 Å². The Morgan fingerprint density at radius 2 is 1.83 bits per heavy atom. The molecule has 0 radical (unpaired) electrons. The Hall–Kier alpha value is -2.52. The quantitative estimate of drug-likeness (QED) is 0.791. The average molecular weight is 399 g/mol. The number of H-pyrrole nitrogens is 1. The Balaban J connectivity index is 1.36. The van der Waals surface area contributed by atoms with Gasteiger partial charge >= 0.3 is 0 Å². The molecule has 0 atom stereocenters. The Labute approximate surface area is 170 Å². The summed E-state index contributed by atoms with van der Waals surface area (Å²) < 4.78 is 5.40. The van der Waals surface area contributed by atoms with E-state index in [2.05, 4.69) is 24.8 Å². The van der Waals surface area contributed by atoms with Gasteiger partial charge in [0, 0.05) is 63.7 Å². The van der Waals surface area contributed by atoms with Gasteiger partial charge in [-0.15, -0.1) is 0 Å². The molecule has 0 saturated carbocycles. The molecular weight excluding hydrogens is 370 g/mol. The number of rotatable bonds is 5. The molecule has 156 valence electrons. The zero-order valence-electron chi connectivity index (χ0n) is 17.2. The molecule has 0 spiro atoms. The molecule has 29 heavy (non-hydrogen) atoms. The van der Waals surface area contributed by atoms with Crippen molar-refractivity contribution in [2.75, 3.05) is 63.3 Å². The Morgan fingerprint density at radius 3 is 2.48 bits per heavy atom. The molecule has 9 heteroatoms. The molecular formula is C20H29N7O2. The molecule has 0 amide bonds. The maximum atomic E-state index is 12.2. The Morgan fingerprint density at radius 1 is 1.14 bits per heavy atom. The normalized spacial score (nSPS) is 18.8. The number of likely N-dealkylation sites (tertiary alicyclic amines) is 1. The van der Waals surface area contributed by atoms with E-state index in [1.165, 1.54) is 0 Å². The molecule has 0 aromatic carbocycles. The van der Waals surface area contributed by atoms with Crippen LogP contribution in [0, 0.1) is 0 Å². The zero-order valence-corrected chi connectivity index (χ0v) is 17.2. The molecule has 2 aliphatic rings. The van der Waals surface area contributed by atoms with E-state index in [1.54, 1.807) is 6.07 Å². The van der Waals surface area contributed by atoms with Gasteiger partial charge in [-0.2, -0.15) is 0 Å². The Bertz CT molecular complexity index is 854. The van der Waals surface area contributed by atoms with Crippen LogP contribution < -0.4 is 15.4 Å². The van der Waals surface area contributed by atoms with Gasteiger partial charge < -0.3 is 14.5 Å². The number of aromatic nitrogens is 4. The third kappa shape index (κ3) is 4.91. The molecule has 2 saturated heterocycles. The van der Waals surface area contributed by atoms with Gasteiger partial charge in [0.15, 0.2) is 0 Å². The smallest absolute Gasteiger partial charge is 0.252 e. The number of aromatic amines is 1. The van der Waals surface area contributed by atoms with Crippen molar-refractivity contribution in [2.24, 2.45) is 0 Å². The maximum absolute atomic E-state index is 12.2. The highest BCUT2D eigenvalue weighted by Crippen LogP contribution is 2.27. The minimum Gasteiger partial charge on any atom is -0.378 e. The van der Waals surface area contributed by atoms with Crippen molar-refractivity contribution in [1.29, 1.82) is 0 Å². The number of hydrogen-bond acceptors (Lipinski definition) is 8. The van der Waals surface area contributed by atoms with Crippen LogP contribution in [0.5, 0.6) is 0 Å². The monoisotopic (exact) mass is 399 g/mol. The summed E-state index contributed by atoms with van der Waals surface area (Å²) in [7, 11) is 3.87. The van der Waals surface area contributed by atoms with Crippen LogP contribution in [0.2, 0.25) is 0 Å². The van der Waals surface area contributed by atoms with Crippen LogP contribution in [0.3, 0.4) is 0 Å². The van der Waals surface area contributed by atoms with E-state index in [0.717, 1.165) is 62.8 Å². The molecule has 0 unspecified atom stereocenters. The lowest BCUT2D eigenvalue weighted by Gasteiger charge is -2.32. The summed E-state index contributed by atoms with van der Waals surface area (Å²) in [6.45, 7) is 5.67. The summed E-state index contributed by atoms with van der Waals surface area (Å²) in [5.41, 5.74) is 1.96. The summed E-state index contributed by atoms with van der Waals surface area (Å²) >= 11 is 0. The zero-order chi connectivity index (χ0) is 20.2. The largest absolute Gasteiger partial charge is 0.378 e. The lowest BCUT2D eigenvalue weighted by atomic mass is 9.93. The molecule has 9 nitrogen and oxygen atoms in total. The van der Waals surface area contributed by atoms with E-state index >= 15 is 0 Å². The fraction of sp³-hybridized carbons (Fsp3) is 0.600. The predicted octanol–water partition coefficient (Wildman–Crippen LogP) is 0.842. The first kappa shape index (κ1) is 19.8. The average Bonchev–Trinajstić information content (AvgIpc) is 2.75. The third-order valence-electron chi connectivity index (χ3n) is 5.56. The molecule has 4 heterocycles. The fourth-order valence-electron chi connectivity index (χ4n) is 3.90. The number of hydrogen-bond donors (Lipinski definition) is 1. The standard InChI is InChI=1S/C20H29N7O2/c1-25(2)19-21-12-15(13-22-19)14-26-5-3-16(4-6-26)17-11-18(28)24-20(23-17)27-7-9-29-10-8-27/h11-13,16H,3-10,14H2,1-2H3,(H,23,24,28). The molecule has 0 aliphatic carbocycles. The van der Waals surface area contributed by atoms with E-state index in [4.69, 9.17) is 9.72 Å². The first-order valence-corrected chi connectivity index (χ1v) is 10.2. The van der Waals surface area contributed by atoms with E-state index in [0.29, 0.717) is 25.1 Å². The van der Waals surface area contributed by atoms with Crippen LogP contribution in [0.15, 0.2) is 23.3 Å². The van der Waals surface area contributed by atoms with Crippen molar-refractivity contribution in [2.45, 2.75) is 25.3 Å². The first-order valence-electron chi connectivity index (χ1n) is 10.2. The van der Waals surface area contributed by atoms with Crippen LogP contribution in [-0.4, -0.2) is 78.3 Å². The second-order valence-electron chi connectivity index (χ2n) is 7.93. The lowest BCUT2D eigenvalue weighted by molar-refractivity contribution is 0.122. The second kappa shape index (κ2) is 8.87. The second-order valence-corrected chi connectivity index (χ2v) is 7.93. The van der Waals surface area contributed by atoms with Crippen molar-refractivity contribution in [1.82, 2.24) is 24.8 Å². The summed E-state index contributed by atoms with van der Waals surface area (Å²) in [6, 6.07) is 1.66. The molecule has 1 N–H and O–H groups in total. The molecule has 4 rings (SSSR count). The van der Waals surface area contributed by atoms with Gasteiger partial charge in [0.1, 0.15) is 0 Å². The van der Waals surface area contributed by atoms with Gasteiger partial charge in [-0.1, -0.05) is 0 Å². The molecule has 0 bridgehead atoms. The summed E-state index contributed by atoms with van der Waals surface area (Å²) in [4.78, 5) is 35.1. The highest BCUT2D eigenvalue weighted by molar-refractivity contribution is 5.32. The van der Waals surface area contributed by atoms with Crippen molar-refractivity contribution in [3.05, 3.63) is 40.1 Å². The van der Waals surface area contributed by atoms with Gasteiger partial charge in [0.25, 0.3) is 5.56 Å². The van der Waals surface area contributed by atoms with Crippen LogP contribution in [0.1, 0.15) is 30.0 Å². The fourth-order valence-corrected chi connectivity index (χ4v) is 3.90. The Kier molecular flexibility index (Phi) is 6.05. The highest BCUT2D eigenvalue weighted by Gasteiger charge is 2.24. The molecule has 2 fully saturated rings. The number of morpholine rings is 1. The first-order chi connectivity index (χ1) is 14.1. The topological polar surface area (TPSA) is 90.5 Å². The van der Waals surface area contributed by atoms with E-state index in [-0.39, 0.29) is 5.56 Å². The highest BCUT2D eigenvalue weighted by atomic mass is 16.5. The van der Waals surface area contributed by atoms with E-state index < -0.39 is 0 Å². The van der Waals surface area contributed by atoms with E-state index in [9.17, 15) is 4.79 Å². The molecule has 2 aliphatic heterocycles. The van der Waals surface area contributed by atoms with Gasteiger partial charge in [-0.05, 0) is 25.9 Å². The summed E-state index contributed by atoms with van der Waals surface area (Å²) in [6.07, 6.45) is 5.80. The van der Waals surface area contributed by atoms with Gasteiger partial charge in [-0.25, -0.2) is 15.0 Å². The third-order valence-corrected chi connectivity index (χ3v) is 5.56. The summed E-state index contributed by atoms with van der Waals surface area (Å²) in [5.74, 6) is 1.72. The molecule has 2 aromatic heterocycles. The minimum absolute atomic E-state index is 0.0722. The van der Waals surface area contributed by atoms with Gasteiger partial charge in [0.05, 0.1) is 18.9 Å². The lowest BCUT2D eigenvalue weighted by Crippen LogP contribution is -2.39. The van der Waals surface area contributed by atoms with Crippen LogP contribution >= 0.6 is 0 Å². The molecule has 2 aromatic rings. The number of nitrogens with zero attached hydrogens (tertiary/aromatic N) is 6. The minimum atomic E-state index is -0.0722. The maximum Gasteiger partial charge on any atom is 0.252 e. The number of nitrogens with one attached hydrogen (secondary N) is 1. The summed E-state index contributed by atoms with van der Waals surface area (Å²) in [5, 5.41) is 0. The number of anilines is 2. The van der Waals surface area contributed by atoms with Crippen LogP contribution in [0.4, 0.5) is 11.9 Å².